The van der Waals surface area contributed by atoms with Crippen LogP contribution >= 0.6 is 22.9 Å². The number of rotatable bonds is 2. The monoisotopic (exact) mass is 190 g/mol. The van der Waals surface area contributed by atoms with Gasteiger partial charge in [-0.25, -0.2) is 4.98 Å². The Morgan fingerprint density at radius 3 is 2.64 bits per heavy atom. The summed E-state index contributed by atoms with van der Waals surface area (Å²) in [6.07, 6.45) is 0. The maximum absolute atomic E-state index is 10.6. The summed E-state index contributed by atoms with van der Waals surface area (Å²) in [4.78, 5) is 16.4. The van der Waals surface area contributed by atoms with Gasteiger partial charge in [0.15, 0.2) is 5.13 Å². The van der Waals surface area contributed by atoms with Crippen LogP contribution in [-0.2, 0) is 0 Å². The smallest absolute Gasteiger partial charge is 0.271 e. The standard InChI is InChI=1S/C6H7ClN2OS/c1-9(2)6-8-4(3-11-6)5(7)10/h3H,1-2H3. The van der Waals surface area contributed by atoms with E-state index in [-0.39, 0.29) is 0 Å². The third-order valence-electron chi connectivity index (χ3n) is 1.08. The van der Waals surface area contributed by atoms with E-state index < -0.39 is 5.24 Å². The maximum Gasteiger partial charge on any atom is 0.271 e. The van der Waals surface area contributed by atoms with E-state index in [9.17, 15) is 4.79 Å². The molecule has 1 aromatic rings. The van der Waals surface area contributed by atoms with E-state index in [1.807, 2.05) is 19.0 Å². The van der Waals surface area contributed by atoms with Crippen molar-refractivity contribution in [3.05, 3.63) is 11.1 Å². The Labute approximate surface area is 73.6 Å². The van der Waals surface area contributed by atoms with Crippen LogP contribution in [0.15, 0.2) is 5.38 Å². The molecule has 3 nitrogen and oxygen atoms in total. The number of anilines is 1. The average Bonchev–Trinajstić information content (AvgIpc) is 2.33. The van der Waals surface area contributed by atoms with Crippen LogP contribution in [0.3, 0.4) is 0 Å². The van der Waals surface area contributed by atoms with Crippen LogP contribution < -0.4 is 4.90 Å². The van der Waals surface area contributed by atoms with Crippen LogP contribution in [-0.4, -0.2) is 24.3 Å². The molecular weight excluding hydrogens is 184 g/mol. The van der Waals surface area contributed by atoms with Gasteiger partial charge in [0.05, 0.1) is 0 Å². The van der Waals surface area contributed by atoms with Gasteiger partial charge in [0.2, 0.25) is 0 Å². The fourth-order valence-electron chi connectivity index (χ4n) is 0.560. The minimum Gasteiger partial charge on any atom is -0.354 e. The SMILES string of the molecule is CN(C)c1nc(C(=O)Cl)cs1. The van der Waals surface area contributed by atoms with Crippen LogP contribution in [0.5, 0.6) is 0 Å². The Morgan fingerprint density at radius 2 is 2.36 bits per heavy atom. The van der Waals surface area contributed by atoms with Gasteiger partial charge in [0, 0.05) is 19.5 Å². The largest absolute Gasteiger partial charge is 0.354 e. The van der Waals surface area contributed by atoms with Gasteiger partial charge in [-0.3, -0.25) is 4.79 Å². The van der Waals surface area contributed by atoms with E-state index in [0.29, 0.717) is 5.69 Å². The molecular formula is C6H7ClN2OS. The van der Waals surface area contributed by atoms with Crippen LogP contribution in [0.2, 0.25) is 0 Å². The number of thiazole rings is 1. The van der Waals surface area contributed by atoms with Crippen molar-refractivity contribution in [2.75, 3.05) is 19.0 Å². The Kier molecular flexibility index (Phi) is 2.46. The Bertz CT molecular complexity index is 271. The van der Waals surface area contributed by atoms with Crippen LogP contribution in [0.4, 0.5) is 5.13 Å². The summed E-state index contributed by atoms with van der Waals surface area (Å²) >= 11 is 6.60. The van der Waals surface area contributed by atoms with Crippen LogP contribution in [0, 0.1) is 0 Å². The van der Waals surface area contributed by atoms with Crippen molar-refractivity contribution in [3.8, 4) is 0 Å². The quantitative estimate of drug-likeness (QED) is 0.664. The van der Waals surface area contributed by atoms with Gasteiger partial charge in [-0.05, 0) is 11.6 Å². The van der Waals surface area contributed by atoms with Crippen LogP contribution in [0.25, 0.3) is 0 Å². The van der Waals surface area contributed by atoms with E-state index in [4.69, 9.17) is 11.6 Å². The van der Waals surface area contributed by atoms with Crippen molar-refractivity contribution >= 4 is 33.3 Å². The molecule has 0 atom stereocenters. The molecule has 0 aliphatic heterocycles. The molecule has 0 saturated carbocycles. The average molecular weight is 191 g/mol. The molecule has 0 aromatic carbocycles. The summed E-state index contributed by atoms with van der Waals surface area (Å²) in [5.41, 5.74) is 0.320. The molecule has 5 heteroatoms. The van der Waals surface area contributed by atoms with Crippen molar-refractivity contribution in [2.45, 2.75) is 0 Å². The summed E-state index contributed by atoms with van der Waals surface area (Å²) < 4.78 is 0. The van der Waals surface area contributed by atoms with Crippen molar-refractivity contribution in [1.29, 1.82) is 0 Å². The first-order valence-electron chi connectivity index (χ1n) is 2.94. The molecule has 0 spiro atoms. The molecule has 11 heavy (non-hydrogen) atoms. The number of hydrogen-bond acceptors (Lipinski definition) is 4. The highest BCUT2D eigenvalue weighted by Crippen LogP contribution is 2.18. The molecule has 0 bridgehead atoms. The van der Waals surface area contributed by atoms with E-state index in [1.165, 1.54) is 11.3 Å². The molecule has 60 valence electrons. The predicted octanol–water partition coefficient (Wildman–Crippen LogP) is 1.59. The lowest BCUT2D eigenvalue weighted by atomic mass is 10.6. The Balaban J connectivity index is 2.90. The second-order valence-electron chi connectivity index (χ2n) is 2.18. The van der Waals surface area contributed by atoms with Crippen LogP contribution in [0.1, 0.15) is 10.5 Å². The minimum absolute atomic E-state index is 0.320. The summed E-state index contributed by atoms with van der Waals surface area (Å²) in [5, 5.41) is 1.92. The lowest BCUT2D eigenvalue weighted by molar-refractivity contribution is 0.107. The molecule has 0 amide bonds. The van der Waals surface area contributed by atoms with Gasteiger partial charge < -0.3 is 4.90 Å². The van der Waals surface area contributed by atoms with Crippen molar-refractivity contribution in [2.24, 2.45) is 0 Å². The highest BCUT2D eigenvalue weighted by Gasteiger charge is 2.07. The molecule has 0 N–H and O–H groups in total. The maximum atomic E-state index is 10.6. The second kappa shape index (κ2) is 3.19. The first kappa shape index (κ1) is 8.49. The number of halogens is 1. The molecule has 0 saturated heterocycles. The minimum atomic E-state index is -0.505. The third kappa shape index (κ3) is 1.91. The van der Waals surface area contributed by atoms with Crippen molar-refractivity contribution in [3.63, 3.8) is 0 Å². The molecule has 0 radical (unpaired) electrons. The third-order valence-corrected chi connectivity index (χ3v) is 2.28. The van der Waals surface area contributed by atoms with E-state index in [2.05, 4.69) is 4.98 Å². The first-order chi connectivity index (χ1) is 5.11. The molecule has 1 aromatic heterocycles. The highest BCUT2D eigenvalue weighted by atomic mass is 35.5. The van der Waals surface area contributed by atoms with Gasteiger partial charge in [0.1, 0.15) is 5.69 Å². The molecule has 0 unspecified atom stereocenters. The fourth-order valence-corrected chi connectivity index (χ4v) is 1.46. The number of carbonyl (C=O) groups excluding carboxylic acids is 1. The normalized spacial score (nSPS) is 9.73. The number of aromatic nitrogens is 1. The zero-order valence-corrected chi connectivity index (χ0v) is 7.74. The summed E-state index contributed by atoms with van der Waals surface area (Å²) in [6.45, 7) is 0. The highest BCUT2D eigenvalue weighted by molar-refractivity contribution is 7.14. The number of nitrogens with zero attached hydrogens (tertiary/aromatic N) is 2. The van der Waals surface area contributed by atoms with Gasteiger partial charge in [0.25, 0.3) is 5.24 Å². The lowest BCUT2D eigenvalue weighted by Gasteiger charge is -2.04. The lowest BCUT2D eigenvalue weighted by Crippen LogP contribution is -2.08. The molecule has 1 heterocycles. The topological polar surface area (TPSA) is 33.2 Å². The van der Waals surface area contributed by atoms with Gasteiger partial charge in [-0.15, -0.1) is 11.3 Å². The first-order valence-corrected chi connectivity index (χ1v) is 4.19. The van der Waals surface area contributed by atoms with Gasteiger partial charge >= 0.3 is 0 Å². The summed E-state index contributed by atoms with van der Waals surface area (Å²) in [6, 6.07) is 0. The molecule has 1 rings (SSSR count). The van der Waals surface area contributed by atoms with Gasteiger partial charge in [-0.2, -0.15) is 0 Å². The number of carbonyl (C=O) groups is 1. The molecule has 0 aliphatic carbocycles. The Morgan fingerprint density at radius 1 is 1.73 bits per heavy atom. The van der Waals surface area contributed by atoms with E-state index in [0.717, 1.165) is 5.13 Å². The molecule has 0 aliphatic rings. The second-order valence-corrected chi connectivity index (χ2v) is 3.36. The Hall–Kier alpha value is -0.610. The van der Waals surface area contributed by atoms with Crippen molar-refractivity contribution in [1.82, 2.24) is 4.98 Å². The predicted molar refractivity (Wildman–Crippen MR) is 46.6 cm³/mol. The zero-order chi connectivity index (χ0) is 8.43. The van der Waals surface area contributed by atoms with E-state index >= 15 is 0 Å². The summed E-state index contributed by atoms with van der Waals surface area (Å²) in [7, 11) is 3.72. The molecule has 0 fully saturated rings. The fraction of sp³-hybridized carbons (Fsp3) is 0.333. The number of hydrogen-bond donors (Lipinski definition) is 0. The summed E-state index contributed by atoms with van der Waals surface area (Å²) in [5.74, 6) is 0. The van der Waals surface area contributed by atoms with Crippen molar-refractivity contribution < 1.29 is 4.79 Å². The zero-order valence-electron chi connectivity index (χ0n) is 6.17. The van der Waals surface area contributed by atoms with Gasteiger partial charge in [-0.1, -0.05) is 0 Å². The van der Waals surface area contributed by atoms with E-state index in [1.54, 1.807) is 5.38 Å².